The smallest absolute Gasteiger partial charge is 0.405 e. The molecule has 23 heavy (non-hydrogen) atoms. The molecule has 1 heterocycles. The Bertz CT molecular complexity index is 512. The minimum Gasteiger partial charge on any atom is -0.489 e. The molecule has 1 aliphatic rings. The van der Waals surface area contributed by atoms with Gasteiger partial charge in [0.05, 0.1) is 5.02 Å². The molecule has 1 fully saturated rings. The van der Waals surface area contributed by atoms with E-state index in [1.165, 1.54) is 0 Å². The molecule has 0 spiro atoms. The number of hydrogen-bond donors (Lipinski definition) is 3. The summed E-state index contributed by atoms with van der Waals surface area (Å²) in [6.45, 7) is 7.31. The minimum atomic E-state index is -0.725. The second-order valence-corrected chi connectivity index (χ2v) is 6.70. The first-order valence-electron chi connectivity index (χ1n) is 7.58. The second-order valence-electron chi connectivity index (χ2n) is 6.29. The van der Waals surface area contributed by atoms with Crippen LogP contribution in [0.15, 0.2) is 18.2 Å². The molecule has 5 N–H and O–H groups in total. The summed E-state index contributed by atoms with van der Waals surface area (Å²) >= 11 is 6.03. The number of ether oxygens (including phenoxy) is 2. The van der Waals surface area contributed by atoms with Crippen molar-refractivity contribution < 1.29 is 14.3 Å². The van der Waals surface area contributed by atoms with Gasteiger partial charge in [-0.3, -0.25) is 0 Å². The van der Waals surface area contributed by atoms with Crippen molar-refractivity contribution in [3.05, 3.63) is 23.2 Å². The van der Waals surface area contributed by atoms with Crippen molar-refractivity contribution >= 4 is 23.4 Å². The molecule has 1 aromatic carbocycles. The first-order valence-corrected chi connectivity index (χ1v) is 7.96. The third kappa shape index (κ3) is 8.52. The van der Waals surface area contributed by atoms with E-state index >= 15 is 0 Å². The van der Waals surface area contributed by atoms with Crippen LogP contribution in [0.1, 0.15) is 33.6 Å². The zero-order chi connectivity index (χ0) is 17.5. The normalized spacial score (nSPS) is 15.3. The highest BCUT2D eigenvalue weighted by Crippen LogP contribution is 2.28. The van der Waals surface area contributed by atoms with Gasteiger partial charge >= 0.3 is 6.09 Å². The maximum atomic E-state index is 10.0. The largest absolute Gasteiger partial charge is 0.489 e. The van der Waals surface area contributed by atoms with E-state index < -0.39 is 11.7 Å². The lowest BCUT2D eigenvalue weighted by Gasteiger charge is -2.24. The molecule has 7 heteroatoms. The molecular weight excluding hydrogens is 318 g/mol. The molecule has 0 aromatic heterocycles. The Hall–Kier alpha value is -1.66. The van der Waals surface area contributed by atoms with Crippen molar-refractivity contribution in [2.24, 2.45) is 5.73 Å². The highest BCUT2D eigenvalue weighted by molar-refractivity contribution is 6.32. The standard InChI is InChI=1S/C11H15ClN2O.C5H11NO2/c12-10-7-8(13)1-2-11(10)15-9-3-5-14-6-4-9;1-5(2,3)8-4(6)7/h1-2,7,9,14H,3-6,13H2;1-3H3,(H2,6,7). The number of piperidine rings is 1. The number of hydrogen-bond acceptors (Lipinski definition) is 5. The van der Waals surface area contributed by atoms with Crippen molar-refractivity contribution in [1.29, 1.82) is 0 Å². The summed E-state index contributed by atoms with van der Waals surface area (Å²) in [6.07, 6.45) is 1.60. The van der Waals surface area contributed by atoms with E-state index in [-0.39, 0.29) is 6.10 Å². The highest BCUT2D eigenvalue weighted by atomic mass is 35.5. The van der Waals surface area contributed by atoms with E-state index in [4.69, 9.17) is 27.8 Å². The van der Waals surface area contributed by atoms with Gasteiger partial charge in [0.1, 0.15) is 17.5 Å². The Labute approximate surface area is 142 Å². The zero-order valence-electron chi connectivity index (χ0n) is 13.9. The van der Waals surface area contributed by atoms with Gasteiger partial charge < -0.3 is 26.3 Å². The van der Waals surface area contributed by atoms with Crippen LogP contribution < -0.4 is 21.5 Å². The number of nitrogens with one attached hydrogen (secondary N) is 1. The van der Waals surface area contributed by atoms with Gasteiger partial charge in [0, 0.05) is 5.69 Å². The molecule has 1 aliphatic heterocycles. The summed E-state index contributed by atoms with van der Waals surface area (Å²) in [5.41, 5.74) is 10.5. The van der Waals surface area contributed by atoms with Gasteiger partial charge in [-0.15, -0.1) is 0 Å². The molecule has 0 aliphatic carbocycles. The van der Waals surface area contributed by atoms with Crippen molar-refractivity contribution in [2.45, 2.75) is 45.3 Å². The molecule has 1 saturated heterocycles. The third-order valence-corrected chi connectivity index (χ3v) is 3.24. The number of amides is 1. The Morgan fingerprint density at radius 2 is 1.91 bits per heavy atom. The summed E-state index contributed by atoms with van der Waals surface area (Å²) in [6, 6.07) is 5.36. The first-order chi connectivity index (χ1) is 10.7. The number of anilines is 1. The van der Waals surface area contributed by atoms with E-state index in [1.54, 1.807) is 26.8 Å². The fourth-order valence-electron chi connectivity index (χ4n) is 2.01. The molecule has 0 radical (unpaired) electrons. The number of benzene rings is 1. The van der Waals surface area contributed by atoms with Crippen molar-refractivity contribution in [3.63, 3.8) is 0 Å². The zero-order valence-corrected chi connectivity index (χ0v) is 14.7. The number of carbonyl (C=O) groups is 1. The molecular formula is C16H26ClN3O3. The lowest BCUT2D eigenvalue weighted by molar-refractivity contribution is 0.0600. The van der Waals surface area contributed by atoms with E-state index in [0.717, 1.165) is 31.7 Å². The van der Waals surface area contributed by atoms with Gasteiger partial charge in [0.15, 0.2) is 0 Å². The molecule has 2 rings (SSSR count). The lowest BCUT2D eigenvalue weighted by atomic mass is 10.1. The molecule has 1 aromatic rings. The second kappa shape index (κ2) is 8.84. The van der Waals surface area contributed by atoms with Crippen LogP contribution in [-0.2, 0) is 4.74 Å². The van der Waals surface area contributed by atoms with Crippen molar-refractivity contribution in [2.75, 3.05) is 18.8 Å². The summed E-state index contributed by atoms with van der Waals surface area (Å²) in [7, 11) is 0. The summed E-state index contributed by atoms with van der Waals surface area (Å²) < 4.78 is 10.4. The summed E-state index contributed by atoms with van der Waals surface area (Å²) in [5.74, 6) is 0.734. The van der Waals surface area contributed by atoms with Crippen LogP contribution in [-0.4, -0.2) is 30.9 Å². The van der Waals surface area contributed by atoms with Gasteiger partial charge in [-0.05, 0) is 64.9 Å². The number of primary amides is 1. The number of nitrogen functional groups attached to an aromatic ring is 1. The van der Waals surface area contributed by atoms with Gasteiger partial charge in [-0.25, -0.2) is 4.79 Å². The van der Waals surface area contributed by atoms with Gasteiger partial charge in [0.2, 0.25) is 0 Å². The molecule has 0 atom stereocenters. The third-order valence-electron chi connectivity index (χ3n) is 2.94. The summed E-state index contributed by atoms with van der Waals surface area (Å²) in [4.78, 5) is 10.0. The molecule has 1 amide bonds. The topological polar surface area (TPSA) is 99.6 Å². The fraction of sp³-hybridized carbons (Fsp3) is 0.562. The molecule has 6 nitrogen and oxygen atoms in total. The van der Waals surface area contributed by atoms with E-state index in [1.807, 2.05) is 12.1 Å². The van der Waals surface area contributed by atoms with Crippen molar-refractivity contribution in [3.8, 4) is 5.75 Å². The Balaban J connectivity index is 0.000000284. The Morgan fingerprint density at radius 1 is 1.30 bits per heavy atom. The van der Waals surface area contributed by atoms with Crippen LogP contribution in [0.2, 0.25) is 5.02 Å². The molecule has 0 saturated carbocycles. The van der Waals surface area contributed by atoms with E-state index in [0.29, 0.717) is 10.7 Å². The minimum absolute atomic E-state index is 0.271. The average Bonchev–Trinajstić information content (AvgIpc) is 2.41. The maximum absolute atomic E-state index is 10.0. The number of rotatable bonds is 2. The van der Waals surface area contributed by atoms with Crippen LogP contribution in [0.5, 0.6) is 5.75 Å². The number of halogens is 1. The first kappa shape index (κ1) is 19.4. The Morgan fingerprint density at radius 3 is 2.35 bits per heavy atom. The predicted octanol–water partition coefficient (Wildman–Crippen LogP) is 2.93. The predicted molar refractivity (Wildman–Crippen MR) is 92.8 cm³/mol. The van der Waals surface area contributed by atoms with Gasteiger partial charge in [0.25, 0.3) is 0 Å². The average molecular weight is 344 g/mol. The van der Waals surface area contributed by atoms with Crippen LogP contribution >= 0.6 is 11.6 Å². The van der Waals surface area contributed by atoms with Crippen LogP contribution in [0.25, 0.3) is 0 Å². The Kier molecular flexibility index (Phi) is 7.45. The SMILES string of the molecule is CC(C)(C)OC(N)=O.Nc1ccc(OC2CCNCC2)c(Cl)c1. The van der Waals surface area contributed by atoms with E-state index in [9.17, 15) is 4.79 Å². The molecule has 0 bridgehead atoms. The van der Waals surface area contributed by atoms with Crippen molar-refractivity contribution in [1.82, 2.24) is 5.32 Å². The number of carbonyl (C=O) groups excluding carboxylic acids is 1. The quantitative estimate of drug-likeness (QED) is 0.717. The highest BCUT2D eigenvalue weighted by Gasteiger charge is 2.15. The van der Waals surface area contributed by atoms with Crippen LogP contribution in [0, 0.1) is 0 Å². The fourth-order valence-corrected chi connectivity index (χ4v) is 2.24. The summed E-state index contributed by atoms with van der Waals surface area (Å²) in [5, 5.41) is 3.88. The molecule has 0 unspecified atom stereocenters. The van der Waals surface area contributed by atoms with Crippen LogP contribution in [0.3, 0.4) is 0 Å². The van der Waals surface area contributed by atoms with Gasteiger partial charge in [-0.2, -0.15) is 0 Å². The lowest BCUT2D eigenvalue weighted by Crippen LogP contribution is -2.34. The van der Waals surface area contributed by atoms with Gasteiger partial charge in [-0.1, -0.05) is 11.6 Å². The molecule has 130 valence electrons. The monoisotopic (exact) mass is 343 g/mol. The number of nitrogens with two attached hydrogens (primary N) is 2. The van der Waals surface area contributed by atoms with E-state index in [2.05, 4.69) is 10.1 Å². The maximum Gasteiger partial charge on any atom is 0.405 e. The van der Waals surface area contributed by atoms with Crippen LogP contribution in [0.4, 0.5) is 10.5 Å².